The summed E-state index contributed by atoms with van der Waals surface area (Å²) < 4.78 is 27.6. The van der Waals surface area contributed by atoms with Crippen molar-refractivity contribution in [2.24, 2.45) is 15.4 Å². The first-order valence-corrected chi connectivity index (χ1v) is 9.25. The molecular weight excluding hydrogens is 372 g/mol. The Kier molecular flexibility index (Phi) is 6.37. The van der Waals surface area contributed by atoms with Gasteiger partial charge in [0.1, 0.15) is 5.75 Å². The third-order valence-corrected chi connectivity index (χ3v) is 4.38. The lowest BCUT2D eigenvalue weighted by Gasteiger charge is -2.12. The van der Waals surface area contributed by atoms with Crippen molar-refractivity contribution in [2.75, 3.05) is 12.4 Å². The van der Waals surface area contributed by atoms with Gasteiger partial charge in [-0.3, -0.25) is 9.59 Å². The van der Waals surface area contributed by atoms with Crippen molar-refractivity contribution in [2.45, 2.75) is 17.9 Å². The van der Waals surface area contributed by atoms with Gasteiger partial charge in [-0.2, -0.15) is 10.2 Å². The van der Waals surface area contributed by atoms with Crippen LogP contribution in [0.15, 0.2) is 63.7 Å². The molecule has 0 aromatic heterocycles. The predicted octanol–water partition coefficient (Wildman–Crippen LogP) is 2.02. The van der Waals surface area contributed by atoms with E-state index in [0.717, 1.165) is 0 Å². The first-order chi connectivity index (χ1) is 12.7. The molecule has 27 heavy (non-hydrogen) atoms. The van der Waals surface area contributed by atoms with Gasteiger partial charge in [-0.25, -0.2) is 13.6 Å². The lowest BCUT2D eigenvalue weighted by Crippen LogP contribution is -2.31. The quantitative estimate of drug-likeness (QED) is 0.550. The van der Waals surface area contributed by atoms with E-state index in [4.69, 9.17) is 9.88 Å². The SMILES string of the molecule is COc1ccccc1NC(=O)C(N=Nc1ccc(S(N)(=O)=O)cc1)C(C)=O. The van der Waals surface area contributed by atoms with E-state index in [-0.39, 0.29) is 10.6 Å². The first kappa shape index (κ1) is 20.2. The third-order valence-electron chi connectivity index (χ3n) is 3.45. The molecule has 0 saturated heterocycles. The molecule has 10 heteroatoms. The fourth-order valence-electron chi connectivity index (χ4n) is 2.09. The number of nitrogens with zero attached hydrogens (tertiary/aromatic N) is 2. The number of azo groups is 1. The molecule has 0 spiro atoms. The minimum absolute atomic E-state index is 0.0847. The van der Waals surface area contributed by atoms with Crippen molar-refractivity contribution in [3.8, 4) is 5.75 Å². The van der Waals surface area contributed by atoms with Gasteiger partial charge in [-0.05, 0) is 43.3 Å². The van der Waals surface area contributed by atoms with Gasteiger partial charge in [0.15, 0.2) is 5.78 Å². The van der Waals surface area contributed by atoms with Crippen molar-refractivity contribution in [1.82, 2.24) is 0 Å². The minimum Gasteiger partial charge on any atom is -0.495 e. The number of hydrogen-bond acceptors (Lipinski definition) is 7. The van der Waals surface area contributed by atoms with Crippen LogP contribution in [0.4, 0.5) is 11.4 Å². The molecule has 0 radical (unpaired) electrons. The highest BCUT2D eigenvalue weighted by atomic mass is 32.2. The van der Waals surface area contributed by atoms with Crippen LogP contribution in [-0.4, -0.2) is 33.3 Å². The highest BCUT2D eigenvalue weighted by molar-refractivity contribution is 7.89. The molecule has 0 aliphatic heterocycles. The maximum absolute atomic E-state index is 12.4. The number of sulfonamides is 1. The molecule has 1 amide bonds. The summed E-state index contributed by atoms with van der Waals surface area (Å²) in [6, 6.07) is 10.6. The summed E-state index contributed by atoms with van der Waals surface area (Å²) in [6.07, 6.45) is 0. The van der Waals surface area contributed by atoms with Gasteiger partial charge in [-0.1, -0.05) is 12.1 Å². The van der Waals surface area contributed by atoms with E-state index in [2.05, 4.69) is 15.5 Å². The maximum Gasteiger partial charge on any atom is 0.258 e. The average molecular weight is 390 g/mol. The lowest BCUT2D eigenvalue weighted by molar-refractivity contribution is -0.126. The van der Waals surface area contributed by atoms with Crippen LogP contribution in [0.25, 0.3) is 0 Å². The fraction of sp³-hybridized carbons (Fsp3) is 0.176. The number of ether oxygens (including phenoxy) is 1. The number of nitrogens with two attached hydrogens (primary N) is 1. The highest BCUT2D eigenvalue weighted by Crippen LogP contribution is 2.23. The van der Waals surface area contributed by atoms with Crippen LogP contribution in [0.5, 0.6) is 5.75 Å². The second kappa shape index (κ2) is 8.52. The largest absolute Gasteiger partial charge is 0.495 e. The molecule has 142 valence electrons. The van der Waals surface area contributed by atoms with E-state index in [1.165, 1.54) is 38.3 Å². The van der Waals surface area contributed by atoms with E-state index >= 15 is 0 Å². The maximum atomic E-state index is 12.4. The number of rotatable bonds is 7. The molecule has 9 nitrogen and oxygen atoms in total. The van der Waals surface area contributed by atoms with Crippen molar-refractivity contribution >= 4 is 33.1 Å². The second-order valence-electron chi connectivity index (χ2n) is 5.46. The van der Waals surface area contributed by atoms with Crippen LogP contribution in [0.1, 0.15) is 6.92 Å². The van der Waals surface area contributed by atoms with Gasteiger partial charge in [-0.15, -0.1) is 0 Å². The number of benzene rings is 2. The summed E-state index contributed by atoms with van der Waals surface area (Å²) in [6.45, 7) is 1.22. The van der Waals surface area contributed by atoms with Crippen molar-refractivity contribution in [1.29, 1.82) is 0 Å². The fourth-order valence-corrected chi connectivity index (χ4v) is 2.61. The van der Waals surface area contributed by atoms with Gasteiger partial charge in [0.25, 0.3) is 5.91 Å². The van der Waals surface area contributed by atoms with E-state index in [9.17, 15) is 18.0 Å². The second-order valence-corrected chi connectivity index (χ2v) is 7.02. The predicted molar refractivity (Wildman–Crippen MR) is 98.4 cm³/mol. The minimum atomic E-state index is -3.82. The average Bonchev–Trinajstić information content (AvgIpc) is 2.61. The summed E-state index contributed by atoms with van der Waals surface area (Å²) in [5.41, 5.74) is 0.655. The molecule has 0 saturated carbocycles. The Morgan fingerprint density at radius 3 is 2.30 bits per heavy atom. The Labute approximate surface area is 156 Å². The van der Waals surface area contributed by atoms with Crippen LogP contribution in [-0.2, 0) is 19.6 Å². The van der Waals surface area contributed by atoms with Gasteiger partial charge in [0.05, 0.1) is 23.4 Å². The zero-order chi connectivity index (χ0) is 20.0. The Bertz CT molecular complexity index is 971. The standard InChI is InChI=1S/C17H18N4O5S/c1-11(22)16(17(23)19-14-5-3-4-6-15(14)26-2)21-20-12-7-9-13(10-8-12)27(18,24)25/h3-10,16H,1-2H3,(H,19,23)(H2,18,24,25). The number of primary sulfonamides is 1. The summed E-state index contributed by atoms with van der Waals surface area (Å²) >= 11 is 0. The normalized spacial score (nSPS) is 12.6. The monoisotopic (exact) mass is 390 g/mol. The van der Waals surface area contributed by atoms with Crippen LogP contribution >= 0.6 is 0 Å². The molecule has 3 N–H and O–H groups in total. The van der Waals surface area contributed by atoms with E-state index in [1.54, 1.807) is 24.3 Å². The Morgan fingerprint density at radius 2 is 1.74 bits per heavy atom. The summed E-state index contributed by atoms with van der Waals surface area (Å²) in [4.78, 5) is 24.1. The number of carbonyl (C=O) groups is 2. The van der Waals surface area contributed by atoms with Gasteiger partial charge in [0, 0.05) is 0 Å². The van der Waals surface area contributed by atoms with Crippen molar-refractivity contribution < 1.29 is 22.7 Å². The molecule has 0 aliphatic carbocycles. The van der Waals surface area contributed by atoms with Gasteiger partial charge >= 0.3 is 0 Å². The van der Waals surface area contributed by atoms with E-state index in [1.807, 2.05) is 0 Å². The number of methoxy groups -OCH3 is 1. The number of ketones is 1. The number of hydrogen-bond donors (Lipinski definition) is 2. The zero-order valence-corrected chi connectivity index (χ0v) is 15.4. The number of anilines is 1. The van der Waals surface area contributed by atoms with Crippen LogP contribution in [0, 0.1) is 0 Å². The number of carbonyl (C=O) groups excluding carboxylic acids is 2. The number of Topliss-reactive ketones (excluding diaryl/α,β-unsaturated/α-hetero) is 1. The Hall–Kier alpha value is -3.11. The molecule has 0 aliphatic rings. The number of para-hydroxylation sites is 2. The lowest BCUT2D eigenvalue weighted by atomic mass is 10.2. The highest BCUT2D eigenvalue weighted by Gasteiger charge is 2.24. The van der Waals surface area contributed by atoms with Crippen molar-refractivity contribution in [3.63, 3.8) is 0 Å². The van der Waals surface area contributed by atoms with Crippen LogP contribution in [0.2, 0.25) is 0 Å². The molecule has 1 unspecified atom stereocenters. The third kappa shape index (κ3) is 5.43. The molecule has 1 atom stereocenters. The number of amides is 1. The summed E-state index contributed by atoms with van der Waals surface area (Å²) in [7, 11) is -2.36. The molecule has 0 heterocycles. The van der Waals surface area contributed by atoms with E-state index < -0.39 is 27.8 Å². The van der Waals surface area contributed by atoms with E-state index in [0.29, 0.717) is 11.4 Å². The molecule has 0 bridgehead atoms. The summed E-state index contributed by atoms with van der Waals surface area (Å²) in [5.74, 6) is -0.743. The Balaban J connectivity index is 2.18. The molecule has 0 fully saturated rings. The molecule has 2 rings (SSSR count). The van der Waals surface area contributed by atoms with Crippen molar-refractivity contribution in [3.05, 3.63) is 48.5 Å². The van der Waals surface area contributed by atoms with Gasteiger partial charge < -0.3 is 10.1 Å². The molecule has 2 aromatic rings. The smallest absolute Gasteiger partial charge is 0.258 e. The van der Waals surface area contributed by atoms with Crippen LogP contribution < -0.4 is 15.2 Å². The number of nitrogens with one attached hydrogen (secondary N) is 1. The van der Waals surface area contributed by atoms with Gasteiger partial charge in [0.2, 0.25) is 16.1 Å². The molecule has 2 aromatic carbocycles. The topological polar surface area (TPSA) is 140 Å². The van der Waals surface area contributed by atoms with Crippen LogP contribution in [0.3, 0.4) is 0 Å². The first-order valence-electron chi connectivity index (χ1n) is 7.70. The summed E-state index contributed by atoms with van der Waals surface area (Å²) in [5, 5.41) is 15.2. The molecular formula is C17H18N4O5S. The zero-order valence-electron chi connectivity index (χ0n) is 14.6. The Morgan fingerprint density at radius 1 is 1.11 bits per heavy atom.